The third-order valence-corrected chi connectivity index (χ3v) is 3.70. The van der Waals surface area contributed by atoms with E-state index in [4.69, 9.17) is 10.5 Å². The minimum absolute atomic E-state index is 0.113. The number of nitrogens with two attached hydrogens (primary N) is 1. The molecule has 1 aliphatic rings. The second-order valence-electron chi connectivity index (χ2n) is 4.99. The van der Waals surface area contributed by atoms with Crippen molar-refractivity contribution >= 4 is 17.3 Å². The number of ether oxygens (including phenoxy) is 1. The third kappa shape index (κ3) is 3.22. The van der Waals surface area contributed by atoms with Gasteiger partial charge in [-0.1, -0.05) is 0 Å². The van der Waals surface area contributed by atoms with E-state index < -0.39 is 0 Å². The molecule has 5 heteroatoms. The number of anilines is 2. The number of piperidine rings is 1. The largest absolute Gasteiger partial charge is 0.397 e. The van der Waals surface area contributed by atoms with E-state index in [1.54, 1.807) is 13.1 Å². The number of nitrogens with one attached hydrogen (secondary N) is 1. The average molecular weight is 277 g/mol. The summed E-state index contributed by atoms with van der Waals surface area (Å²) in [7, 11) is 1.62. The quantitative estimate of drug-likeness (QED) is 0.821. The molecule has 0 aliphatic carbocycles. The van der Waals surface area contributed by atoms with E-state index in [-0.39, 0.29) is 5.91 Å². The lowest BCUT2D eigenvalue weighted by molar-refractivity contribution is 0.0459. The highest BCUT2D eigenvalue weighted by atomic mass is 16.5. The minimum atomic E-state index is -0.113. The van der Waals surface area contributed by atoms with Crippen LogP contribution in [-0.2, 0) is 4.74 Å². The van der Waals surface area contributed by atoms with Gasteiger partial charge < -0.3 is 20.7 Å². The van der Waals surface area contributed by atoms with Crippen molar-refractivity contribution in [2.45, 2.75) is 25.9 Å². The van der Waals surface area contributed by atoms with Crippen molar-refractivity contribution in [3.05, 3.63) is 23.8 Å². The summed E-state index contributed by atoms with van der Waals surface area (Å²) in [5.41, 5.74) is 8.34. The maximum absolute atomic E-state index is 11.6. The molecule has 0 unspecified atom stereocenters. The highest BCUT2D eigenvalue weighted by Crippen LogP contribution is 2.27. The van der Waals surface area contributed by atoms with Gasteiger partial charge in [0.15, 0.2) is 0 Å². The Morgan fingerprint density at radius 2 is 2.15 bits per heavy atom. The van der Waals surface area contributed by atoms with Gasteiger partial charge in [0, 0.05) is 32.3 Å². The van der Waals surface area contributed by atoms with Gasteiger partial charge in [-0.05, 0) is 38.0 Å². The number of nitrogen functional groups attached to an aromatic ring is 1. The molecule has 0 aromatic heterocycles. The van der Waals surface area contributed by atoms with Gasteiger partial charge in [-0.15, -0.1) is 0 Å². The van der Waals surface area contributed by atoms with Gasteiger partial charge >= 0.3 is 0 Å². The van der Waals surface area contributed by atoms with E-state index in [0.29, 0.717) is 17.4 Å². The molecule has 20 heavy (non-hydrogen) atoms. The number of carbonyl (C=O) groups is 1. The van der Waals surface area contributed by atoms with Crippen LogP contribution in [0.3, 0.4) is 0 Å². The lowest BCUT2D eigenvalue weighted by Gasteiger charge is -2.34. The molecule has 0 saturated carbocycles. The Hall–Kier alpha value is -1.75. The molecule has 0 spiro atoms. The summed E-state index contributed by atoms with van der Waals surface area (Å²) in [6, 6.07) is 5.49. The van der Waals surface area contributed by atoms with Crippen LogP contribution in [0.15, 0.2) is 18.2 Å². The summed E-state index contributed by atoms with van der Waals surface area (Å²) in [5, 5.41) is 2.60. The van der Waals surface area contributed by atoms with E-state index >= 15 is 0 Å². The first-order valence-corrected chi connectivity index (χ1v) is 7.13. The van der Waals surface area contributed by atoms with Crippen molar-refractivity contribution in [3.8, 4) is 0 Å². The van der Waals surface area contributed by atoms with Gasteiger partial charge in [0.25, 0.3) is 5.91 Å². The highest BCUT2D eigenvalue weighted by molar-refractivity contribution is 5.96. The molecular formula is C15H23N3O2. The second-order valence-corrected chi connectivity index (χ2v) is 4.99. The lowest BCUT2D eigenvalue weighted by Crippen LogP contribution is -2.37. The topological polar surface area (TPSA) is 67.6 Å². The Morgan fingerprint density at radius 3 is 2.70 bits per heavy atom. The summed E-state index contributed by atoms with van der Waals surface area (Å²) < 4.78 is 5.65. The molecule has 1 fully saturated rings. The van der Waals surface area contributed by atoms with Crippen LogP contribution < -0.4 is 16.0 Å². The first kappa shape index (κ1) is 14.7. The van der Waals surface area contributed by atoms with E-state index in [2.05, 4.69) is 10.2 Å². The maximum atomic E-state index is 11.6. The summed E-state index contributed by atoms with van der Waals surface area (Å²) in [6.45, 7) is 4.68. The molecule has 5 nitrogen and oxygen atoms in total. The monoisotopic (exact) mass is 277 g/mol. The second kappa shape index (κ2) is 6.61. The van der Waals surface area contributed by atoms with Crippen molar-refractivity contribution in [3.63, 3.8) is 0 Å². The molecule has 3 N–H and O–H groups in total. The summed E-state index contributed by atoms with van der Waals surface area (Å²) in [6.07, 6.45) is 2.40. The van der Waals surface area contributed by atoms with Crippen LogP contribution in [0.1, 0.15) is 30.1 Å². The van der Waals surface area contributed by atoms with Crippen molar-refractivity contribution in [2.75, 3.05) is 37.4 Å². The van der Waals surface area contributed by atoms with Crippen LogP contribution >= 0.6 is 0 Å². The number of benzene rings is 1. The Balaban J connectivity index is 2.05. The number of amides is 1. The van der Waals surface area contributed by atoms with Crippen molar-refractivity contribution < 1.29 is 9.53 Å². The zero-order valence-corrected chi connectivity index (χ0v) is 12.2. The van der Waals surface area contributed by atoms with E-state index in [0.717, 1.165) is 38.2 Å². The van der Waals surface area contributed by atoms with Crippen LogP contribution in [0, 0.1) is 0 Å². The van der Waals surface area contributed by atoms with Gasteiger partial charge in [-0.25, -0.2) is 0 Å². The molecule has 1 heterocycles. The van der Waals surface area contributed by atoms with E-state index in [9.17, 15) is 4.79 Å². The summed E-state index contributed by atoms with van der Waals surface area (Å²) >= 11 is 0. The fourth-order valence-corrected chi connectivity index (χ4v) is 2.63. The van der Waals surface area contributed by atoms with Crippen LogP contribution in [0.5, 0.6) is 0 Å². The molecule has 1 saturated heterocycles. The molecule has 2 rings (SSSR count). The zero-order valence-electron chi connectivity index (χ0n) is 12.2. The predicted molar refractivity (Wildman–Crippen MR) is 81.1 cm³/mol. The molecule has 1 aromatic rings. The zero-order chi connectivity index (χ0) is 14.5. The Morgan fingerprint density at radius 1 is 1.45 bits per heavy atom. The lowest BCUT2D eigenvalue weighted by atomic mass is 10.1. The number of hydrogen-bond donors (Lipinski definition) is 2. The van der Waals surface area contributed by atoms with Crippen molar-refractivity contribution in [1.82, 2.24) is 5.32 Å². The van der Waals surface area contributed by atoms with Gasteiger partial charge in [-0.2, -0.15) is 0 Å². The first-order chi connectivity index (χ1) is 9.65. The number of nitrogens with zero attached hydrogens (tertiary/aromatic N) is 1. The Bertz CT molecular complexity index is 468. The normalized spacial score (nSPS) is 16.2. The van der Waals surface area contributed by atoms with E-state index in [1.807, 2.05) is 19.1 Å². The van der Waals surface area contributed by atoms with Gasteiger partial charge in [0.1, 0.15) is 0 Å². The minimum Gasteiger partial charge on any atom is -0.397 e. The predicted octanol–water partition coefficient (Wildman–Crippen LogP) is 1.63. The van der Waals surface area contributed by atoms with Crippen LogP contribution in [0.25, 0.3) is 0 Å². The first-order valence-electron chi connectivity index (χ1n) is 7.13. The number of hydrogen-bond acceptors (Lipinski definition) is 4. The van der Waals surface area contributed by atoms with Gasteiger partial charge in [0.2, 0.25) is 0 Å². The molecule has 0 bridgehead atoms. The number of rotatable bonds is 4. The third-order valence-electron chi connectivity index (χ3n) is 3.70. The highest BCUT2D eigenvalue weighted by Gasteiger charge is 2.21. The summed E-state index contributed by atoms with van der Waals surface area (Å²) in [4.78, 5) is 13.8. The van der Waals surface area contributed by atoms with Crippen LogP contribution in [0.2, 0.25) is 0 Å². The molecule has 1 amide bonds. The van der Waals surface area contributed by atoms with Gasteiger partial charge in [0.05, 0.1) is 17.5 Å². The molecule has 110 valence electrons. The Kier molecular flexibility index (Phi) is 4.84. The molecule has 1 aromatic carbocycles. The molecule has 1 aliphatic heterocycles. The summed E-state index contributed by atoms with van der Waals surface area (Å²) in [5.74, 6) is -0.113. The SMILES string of the molecule is CCOC1CCN(c2ccc(C(=O)NC)cc2N)CC1. The maximum Gasteiger partial charge on any atom is 0.251 e. The van der Waals surface area contributed by atoms with Gasteiger partial charge in [-0.3, -0.25) is 4.79 Å². The smallest absolute Gasteiger partial charge is 0.251 e. The Labute approximate surface area is 120 Å². The molecular weight excluding hydrogens is 254 g/mol. The molecule has 0 atom stereocenters. The fraction of sp³-hybridized carbons (Fsp3) is 0.533. The average Bonchev–Trinajstić information content (AvgIpc) is 2.47. The number of carbonyl (C=O) groups excluding carboxylic acids is 1. The molecule has 0 radical (unpaired) electrons. The van der Waals surface area contributed by atoms with Crippen molar-refractivity contribution in [2.24, 2.45) is 0 Å². The standard InChI is InChI=1S/C15H23N3O2/c1-3-20-12-6-8-18(9-7-12)14-5-4-11(10-13(14)16)15(19)17-2/h4-5,10,12H,3,6-9,16H2,1-2H3,(H,17,19). The van der Waals surface area contributed by atoms with Crippen LogP contribution in [-0.4, -0.2) is 38.8 Å². The van der Waals surface area contributed by atoms with Crippen LogP contribution in [0.4, 0.5) is 11.4 Å². The van der Waals surface area contributed by atoms with E-state index in [1.165, 1.54) is 0 Å². The fourth-order valence-electron chi connectivity index (χ4n) is 2.63. The van der Waals surface area contributed by atoms with Crippen molar-refractivity contribution in [1.29, 1.82) is 0 Å².